The van der Waals surface area contributed by atoms with Crippen LogP contribution in [0.1, 0.15) is 29.3 Å². The molecule has 1 aromatic rings. The van der Waals surface area contributed by atoms with Gasteiger partial charge in [-0.3, -0.25) is 4.79 Å². The van der Waals surface area contributed by atoms with Crippen LogP contribution in [0.4, 0.5) is 5.69 Å². The summed E-state index contributed by atoms with van der Waals surface area (Å²) in [6.07, 6.45) is 0.338. The minimum Gasteiger partial charge on any atom is -0.478 e. The third-order valence-corrected chi connectivity index (χ3v) is 2.82. The van der Waals surface area contributed by atoms with E-state index in [0.29, 0.717) is 24.3 Å². The molecule has 1 unspecified atom stereocenters. The van der Waals surface area contributed by atoms with Crippen molar-refractivity contribution < 1.29 is 19.4 Å². The summed E-state index contributed by atoms with van der Waals surface area (Å²) in [6.45, 7) is 4.11. The van der Waals surface area contributed by atoms with Gasteiger partial charge in [0.25, 0.3) is 0 Å². The molecule has 0 radical (unpaired) electrons. The van der Waals surface area contributed by atoms with Gasteiger partial charge >= 0.3 is 5.97 Å². The van der Waals surface area contributed by atoms with Gasteiger partial charge in [0.15, 0.2) is 0 Å². The Balaban J connectivity index is 2.75. The fourth-order valence-electron chi connectivity index (χ4n) is 1.86. The zero-order valence-electron chi connectivity index (χ0n) is 11.4. The topological polar surface area (TPSA) is 75.6 Å². The Hall–Kier alpha value is -1.88. The van der Waals surface area contributed by atoms with Gasteiger partial charge < -0.3 is 15.2 Å². The summed E-state index contributed by atoms with van der Waals surface area (Å²) in [5.74, 6) is -1.02. The molecule has 0 fully saturated rings. The quantitative estimate of drug-likeness (QED) is 0.827. The molecule has 5 nitrogen and oxygen atoms in total. The Morgan fingerprint density at radius 2 is 2.11 bits per heavy atom. The van der Waals surface area contributed by atoms with E-state index in [1.165, 1.54) is 6.07 Å². The van der Waals surface area contributed by atoms with Crippen molar-refractivity contribution in [3.63, 3.8) is 0 Å². The highest BCUT2D eigenvalue weighted by molar-refractivity contribution is 5.96. The van der Waals surface area contributed by atoms with Gasteiger partial charge in [0.2, 0.25) is 5.91 Å². The predicted molar refractivity (Wildman–Crippen MR) is 72.4 cm³/mol. The van der Waals surface area contributed by atoms with E-state index in [4.69, 9.17) is 9.84 Å². The number of amides is 1. The predicted octanol–water partition coefficient (Wildman–Crippen LogP) is 2.30. The molecule has 1 rings (SSSR count). The van der Waals surface area contributed by atoms with E-state index >= 15 is 0 Å². The molecule has 1 amide bonds. The number of ether oxygens (including phenoxy) is 1. The van der Waals surface area contributed by atoms with Crippen LogP contribution in [-0.2, 0) is 9.53 Å². The van der Waals surface area contributed by atoms with Crippen molar-refractivity contribution in [2.45, 2.75) is 20.3 Å². The number of hydrogen-bond donors (Lipinski definition) is 2. The van der Waals surface area contributed by atoms with Gasteiger partial charge in [-0.25, -0.2) is 4.79 Å². The lowest BCUT2D eigenvalue weighted by molar-refractivity contribution is -0.117. The van der Waals surface area contributed by atoms with Crippen LogP contribution >= 0.6 is 0 Å². The number of hydrogen-bond acceptors (Lipinski definition) is 3. The third-order valence-electron chi connectivity index (χ3n) is 2.82. The molecule has 0 heterocycles. The van der Waals surface area contributed by atoms with E-state index in [1.54, 1.807) is 26.2 Å². The molecule has 104 valence electrons. The lowest BCUT2D eigenvalue weighted by atomic mass is 10.1. The minimum atomic E-state index is -0.999. The van der Waals surface area contributed by atoms with Gasteiger partial charge in [-0.15, -0.1) is 0 Å². The monoisotopic (exact) mass is 265 g/mol. The average Bonchev–Trinajstić information content (AvgIpc) is 2.31. The second kappa shape index (κ2) is 6.89. The van der Waals surface area contributed by atoms with E-state index in [-0.39, 0.29) is 17.4 Å². The molecule has 0 aliphatic carbocycles. The molecular weight excluding hydrogens is 246 g/mol. The fraction of sp³-hybridized carbons (Fsp3) is 0.429. The Bertz CT molecular complexity index is 471. The molecule has 1 atom stereocenters. The van der Waals surface area contributed by atoms with Crippen LogP contribution in [0.2, 0.25) is 0 Å². The summed E-state index contributed by atoms with van der Waals surface area (Å²) in [6, 6.07) is 4.83. The number of carboxylic acid groups (broad SMARTS) is 1. The van der Waals surface area contributed by atoms with Gasteiger partial charge in [-0.2, -0.15) is 0 Å². The van der Waals surface area contributed by atoms with Gasteiger partial charge in [0.1, 0.15) is 0 Å². The van der Waals surface area contributed by atoms with Gasteiger partial charge in [0.05, 0.1) is 5.56 Å². The fourth-order valence-corrected chi connectivity index (χ4v) is 1.86. The lowest BCUT2D eigenvalue weighted by Crippen LogP contribution is -2.18. The van der Waals surface area contributed by atoms with E-state index < -0.39 is 5.97 Å². The largest absolute Gasteiger partial charge is 0.478 e. The molecule has 0 aliphatic rings. The van der Waals surface area contributed by atoms with Crippen molar-refractivity contribution in [3.05, 3.63) is 29.3 Å². The van der Waals surface area contributed by atoms with Crippen molar-refractivity contribution in [3.8, 4) is 0 Å². The summed E-state index contributed by atoms with van der Waals surface area (Å²) in [5, 5.41) is 11.7. The summed E-state index contributed by atoms with van der Waals surface area (Å²) in [7, 11) is 1.59. The van der Waals surface area contributed by atoms with Crippen molar-refractivity contribution in [1.29, 1.82) is 0 Å². The number of nitrogens with one attached hydrogen (secondary N) is 1. The molecule has 1 aromatic carbocycles. The van der Waals surface area contributed by atoms with E-state index in [0.717, 1.165) is 0 Å². The Morgan fingerprint density at radius 3 is 2.68 bits per heavy atom. The minimum absolute atomic E-state index is 0.118. The van der Waals surface area contributed by atoms with Crippen molar-refractivity contribution >= 4 is 17.6 Å². The summed E-state index contributed by atoms with van der Waals surface area (Å²) in [5.41, 5.74) is 1.29. The summed E-state index contributed by atoms with van der Waals surface area (Å²) < 4.78 is 4.97. The Morgan fingerprint density at radius 1 is 1.42 bits per heavy atom. The summed E-state index contributed by atoms with van der Waals surface area (Å²) >= 11 is 0. The first-order chi connectivity index (χ1) is 8.95. The molecule has 2 N–H and O–H groups in total. The lowest BCUT2D eigenvalue weighted by Gasteiger charge is -2.13. The van der Waals surface area contributed by atoms with Crippen LogP contribution in [0.25, 0.3) is 0 Å². The van der Waals surface area contributed by atoms with Crippen molar-refractivity contribution in [2.24, 2.45) is 5.92 Å². The number of rotatable bonds is 6. The zero-order chi connectivity index (χ0) is 14.4. The third kappa shape index (κ3) is 4.37. The standard InChI is InChI=1S/C14H19NO4/c1-9(8-19-3)7-13(16)15-12-6-4-5-11(10(12)2)14(17)18/h4-6,9H,7-8H2,1-3H3,(H,15,16)(H,17,18). The van der Waals surface area contributed by atoms with Crippen LogP contribution < -0.4 is 5.32 Å². The van der Waals surface area contributed by atoms with Gasteiger partial charge in [-0.1, -0.05) is 13.0 Å². The average molecular weight is 265 g/mol. The maximum Gasteiger partial charge on any atom is 0.336 e. The molecule has 0 aromatic heterocycles. The zero-order valence-corrected chi connectivity index (χ0v) is 11.4. The van der Waals surface area contributed by atoms with E-state index in [9.17, 15) is 9.59 Å². The highest BCUT2D eigenvalue weighted by Crippen LogP contribution is 2.19. The second-order valence-corrected chi connectivity index (χ2v) is 4.60. The first kappa shape index (κ1) is 15.2. The number of carbonyl (C=O) groups is 2. The van der Waals surface area contributed by atoms with Crippen LogP contribution in [0.5, 0.6) is 0 Å². The van der Waals surface area contributed by atoms with Crippen LogP contribution in [0.15, 0.2) is 18.2 Å². The van der Waals surface area contributed by atoms with Crippen LogP contribution in [0, 0.1) is 12.8 Å². The number of benzene rings is 1. The molecule has 0 saturated heterocycles. The SMILES string of the molecule is COCC(C)CC(=O)Nc1cccc(C(=O)O)c1C. The molecular formula is C14H19NO4. The number of aromatic carboxylic acids is 1. The number of anilines is 1. The smallest absolute Gasteiger partial charge is 0.336 e. The number of carboxylic acids is 1. The van der Waals surface area contributed by atoms with Gasteiger partial charge in [0, 0.05) is 25.8 Å². The molecule has 0 bridgehead atoms. The molecule has 0 aliphatic heterocycles. The van der Waals surface area contributed by atoms with Crippen molar-refractivity contribution in [2.75, 3.05) is 19.0 Å². The first-order valence-electron chi connectivity index (χ1n) is 6.07. The maximum atomic E-state index is 11.8. The van der Waals surface area contributed by atoms with Crippen LogP contribution in [-0.4, -0.2) is 30.7 Å². The Kier molecular flexibility index (Phi) is 5.51. The Labute approximate surface area is 112 Å². The van der Waals surface area contributed by atoms with Gasteiger partial charge in [-0.05, 0) is 30.5 Å². The van der Waals surface area contributed by atoms with Crippen LogP contribution in [0.3, 0.4) is 0 Å². The molecule has 0 spiro atoms. The highest BCUT2D eigenvalue weighted by Gasteiger charge is 2.13. The molecule has 5 heteroatoms. The van der Waals surface area contributed by atoms with Crippen molar-refractivity contribution in [1.82, 2.24) is 0 Å². The van der Waals surface area contributed by atoms with E-state index in [1.807, 2.05) is 6.92 Å². The molecule has 0 saturated carbocycles. The second-order valence-electron chi connectivity index (χ2n) is 4.60. The molecule has 19 heavy (non-hydrogen) atoms. The van der Waals surface area contributed by atoms with E-state index in [2.05, 4.69) is 5.32 Å². The highest BCUT2D eigenvalue weighted by atomic mass is 16.5. The maximum absolute atomic E-state index is 11.8. The summed E-state index contributed by atoms with van der Waals surface area (Å²) in [4.78, 5) is 22.8. The number of methoxy groups -OCH3 is 1. The first-order valence-corrected chi connectivity index (χ1v) is 6.07. The number of carbonyl (C=O) groups excluding carboxylic acids is 1. The normalized spacial score (nSPS) is 11.9.